The van der Waals surface area contributed by atoms with Crippen LogP contribution in [-0.4, -0.2) is 0 Å². The first-order chi connectivity index (χ1) is 38.9. The predicted octanol–water partition coefficient (Wildman–Crippen LogP) is 18.6. The zero-order valence-corrected chi connectivity index (χ0v) is 45.5. The Morgan fingerprint density at radius 3 is 1.20 bits per heavy atom. The van der Waals surface area contributed by atoms with E-state index in [0.29, 0.717) is 118 Å². The van der Waals surface area contributed by atoms with Crippen LogP contribution in [0.15, 0.2) is 17.0 Å². The molecule has 11 aromatic carbocycles. The van der Waals surface area contributed by atoms with Gasteiger partial charge in [0.25, 0.3) is 0 Å². The van der Waals surface area contributed by atoms with Crippen LogP contribution in [0.3, 0.4) is 0 Å². The summed E-state index contributed by atoms with van der Waals surface area (Å²) < 4.78 is 0.0217. The summed E-state index contributed by atoms with van der Waals surface area (Å²) >= 11 is 2.66. The molecule has 0 N–H and O–H groups in total. The highest BCUT2D eigenvalue weighted by molar-refractivity contribution is 8.00. The molecule has 22 aliphatic carbocycles. The minimum atomic E-state index is -0.0122. The predicted molar refractivity (Wildman–Crippen MR) is 312 cm³/mol. The molecule has 0 saturated heterocycles. The molecule has 0 nitrogen and oxygen atoms in total. The van der Waals surface area contributed by atoms with E-state index in [1.807, 2.05) is 175 Å². The summed E-state index contributed by atoms with van der Waals surface area (Å²) in [5.74, 6) is 13.9. The van der Waals surface area contributed by atoms with E-state index in [0.717, 1.165) is 5.92 Å². The maximum Gasteiger partial charge on any atom is 0.0645 e. The Morgan fingerprint density at radius 2 is 0.759 bits per heavy atom. The van der Waals surface area contributed by atoms with Crippen LogP contribution in [0.25, 0.3) is 97.3 Å². The maximum absolute atomic E-state index is 3.10. The SMILES string of the molecule is CCCCC(CC)Cc1cc(C(C)(C)C)c2c(c1)C13c4c5c6c7c8c9c%10c%11c%12c%13c%14c%15c(c%16c%13c%10c7c4-%16)C1(S2)C1C%15C2c4c7c%10c%13c%15c%16c%17c%18c%19c%20c%21c%22c%23c(c4c4c%22c%19c%16c%104)C2C%14C%12C%23C%21C%11C9C%20C%18C8C6C%17C%15C5C3C%13C71. The zero-order valence-electron chi connectivity index (χ0n) is 44.7. The van der Waals surface area contributed by atoms with Crippen LogP contribution in [0.2, 0.25) is 0 Å². The summed E-state index contributed by atoms with van der Waals surface area (Å²) in [6, 6.07) is 5.99. The van der Waals surface area contributed by atoms with Crippen molar-refractivity contribution in [1.82, 2.24) is 0 Å². The van der Waals surface area contributed by atoms with Crippen molar-refractivity contribution in [3.05, 3.63) is 140 Å². The third kappa shape index (κ3) is 2.15. The first kappa shape index (κ1) is 34.8. The molecule has 1 fully saturated rings. The van der Waals surface area contributed by atoms with Gasteiger partial charge in [-0.05, 0) is 361 Å². The minimum Gasteiger partial charge on any atom is -0.112 e. The number of rotatable bonds is 6. The molecule has 23 aliphatic rings. The van der Waals surface area contributed by atoms with E-state index >= 15 is 0 Å². The molecular weight excluding hydrogens is 969 g/mol. The van der Waals surface area contributed by atoms with Gasteiger partial charge in [-0.25, -0.2) is 0 Å². The Kier molecular flexibility index (Phi) is 3.74. The van der Waals surface area contributed by atoms with Gasteiger partial charge < -0.3 is 0 Å². The Bertz CT molecular complexity index is 5750. The van der Waals surface area contributed by atoms with Crippen molar-refractivity contribution in [3.8, 4) is 11.1 Å². The van der Waals surface area contributed by atoms with Gasteiger partial charge in [0.2, 0.25) is 0 Å². The van der Waals surface area contributed by atoms with E-state index in [2.05, 4.69) is 103 Å². The molecule has 0 amide bonds. The molecule has 1 saturated carbocycles. The minimum absolute atomic E-state index is 0.0122. The molecule has 34 rings (SSSR count). The molecule has 23 atom stereocenters. The second-order valence-electron chi connectivity index (χ2n) is 34.0. The highest BCUT2D eigenvalue weighted by atomic mass is 32.2. The van der Waals surface area contributed by atoms with Gasteiger partial charge in [-0.3, -0.25) is 0 Å². The van der Waals surface area contributed by atoms with Gasteiger partial charge in [0.05, 0.1) is 4.75 Å². The number of thioether (sulfide) groups is 1. The largest absolute Gasteiger partial charge is 0.112 e. The molecule has 0 aromatic heterocycles. The molecule has 366 valence electrons. The molecule has 79 heavy (non-hydrogen) atoms. The standard InChI is InChI=1S/C78H48S/c1-6-8-9-13(7-2)10-14-11-15(76(3,4)5)75-16(12-14)77-71-63-55-45-35-27-19-17-18-21-25-23(19)31-39-33(25)43-37-29(21)30-22(18)26-24-20(17)28(27)36-42-32(24)40-34(26)44-38(30)48-47(37)59-53(43)61-51(39)57(49(55)41(31)35)65(71)67(61)73-69(59)70-60(48)54(44)62-52(40)58-50(42)56(46(36)45)64(63)72(77)66(58)68(62)74(70)78(73,77)79-75/h11-13,19,21,23,25,27,29,35,37,45-48,56,60,64,66,68,70,72,74H,6-10H2,1-5H3. The van der Waals surface area contributed by atoms with E-state index in [1.54, 1.807) is 11.1 Å². The summed E-state index contributed by atoms with van der Waals surface area (Å²) in [5, 5.41) is 30.9. The van der Waals surface area contributed by atoms with E-state index in [-0.39, 0.29) is 15.6 Å². The van der Waals surface area contributed by atoms with Crippen LogP contribution in [-0.2, 0) is 22.0 Å². The average molecular weight is 1020 g/mol. The van der Waals surface area contributed by atoms with Gasteiger partial charge >= 0.3 is 0 Å². The highest BCUT2D eigenvalue weighted by Gasteiger charge is 2.90. The Hall–Kier alpha value is -5.37. The van der Waals surface area contributed by atoms with Crippen LogP contribution in [0, 0.1) is 17.8 Å². The van der Waals surface area contributed by atoms with E-state index in [4.69, 9.17) is 0 Å². The topological polar surface area (TPSA) is 0 Å². The first-order valence-electron chi connectivity index (χ1n) is 33.0. The van der Waals surface area contributed by atoms with E-state index in [1.165, 1.54) is 32.1 Å². The summed E-state index contributed by atoms with van der Waals surface area (Å²) in [6.07, 6.45) is 6.63. The summed E-state index contributed by atoms with van der Waals surface area (Å²) in [7, 11) is 0. The van der Waals surface area contributed by atoms with Crippen LogP contribution >= 0.6 is 11.8 Å². The molecule has 23 unspecified atom stereocenters. The Labute approximate surface area is 457 Å². The number of hydrogen-bond acceptors (Lipinski definition) is 1. The van der Waals surface area contributed by atoms with Crippen molar-refractivity contribution >= 4 is 97.9 Å². The van der Waals surface area contributed by atoms with Gasteiger partial charge in [-0.1, -0.05) is 72.4 Å². The molecule has 11 aromatic rings. The van der Waals surface area contributed by atoms with Gasteiger partial charge in [0.15, 0.2) is 0 Å². The summed E-state index contributed by atoms with van der Waals surface area (Å²) in [5.41, 5.74) is 50.3. The number of benzene rings is 10. The van der Waals surface area contributed by atoms with Crippen molar-refractivity contribution < 1.29 is 0 Å². The fourth-order valence-corrected chi connectivity index (χ4v) is 36.3. The van der Waals surface area contributed by atoms with Gasteiger partial charge in [0.1, 0.15) is 0 Å². The van der Waals surface area contributed by atoms with Gasteiger partial charge in [-0.15, -0.1) is 11.8 Å². The number of unbranched alkanes of at least 4 members (excludes halogenated alkanes) is 1. The molecule has 0 radical (unpaired) electrons. The Balaban J connectivity index is 0.925. The second kappa shape index (κ2) is 8.48. The molecule has 1 heterocycles. The lowest BCUT2D eigenvalue weighted by Crippen LogP contribution is -2.62. The molecule has 1 heteroatoms. The monoisotopic (exact) mass is 1020 g/mol. The van der Waals surface area contributed by atoms with Crippen molar-refractivity contribution in [2.24, 2.45) is 17.8 Å². The fraction of sp³-hybridized carbons (Fsp3) is 0.436. The lowest BCUT2D eigenvalue weighted by molar-refractivity contribution is 0.0341. The highest BCUT2D eigenvalue weighted by Crippen LogP contribution is 3.01. The van der Waals surface area contributed by atoms with Gasteiger partial charge in [0, 0.05) is 10.3 Å². The van der Waals surface area contributed by atoms with E-state index in [9.17, 15) is 0 Å². The van der Waals surface area contributed by atoms with E-state index < -0.39 is 0 Å². The smallest absolute Gasteiger partial charge is 0.0645 e. The Morgan fingerprint density at radius 1 is 0.405 bits per heavy atom. The lowest BCUT2D eigenvalue weighted by atomic mass is 9.39. The van der Waals surface area contributed by atoms with Crippen LogP contribution in [0.4, 0.5) is 0 Å². The van der Waals surface area contributed by atoms with Crippen LogP contribution in [0.5, 0.6) is 0 Å². The van der Waals surface area contributed by atoms with Crippen molar-refractivity contribution in [1.29, 1.82) is 0 Å². The number of fused-ring (bicyclic) bond motifs is 1. The number of hydrogen-bond donors (Lipinski definition) is 0. The van der Waals surface area contributed by atoms with Crippen LogP contribution < -0.4 is 0 Å². The summed E-state index contributed by atoms with van der Waals surface area (Å²) in [4.78, 5) is 1.82. The molecule has 2 spiro atoms. The maximum atomic E-state index is 3.10. The molecular formula is C78H48S. The third-order valence-electron chi connectivity index (χ3n) is 33.2. The fourth-order valence-electron chi connectivity index (χ4n) is 33.9. The zero-order chi connectivity index (χ0) is 48.5. The lowest BCUT2D eigenvalue weighted by Gasteiger charge is -2.65. The van der Waals surface area contributed by atoms with Crippen molar-refractivity contribution in [2.45, 2.75) is 194 Å². The normalized spacial score (nSPS) is 44.5. The van der Waals surface area contributed by atoms with Crippen molar-refractivity contribution in [2.75, 3.05) is 0 Å². The second-order valence-corrected chi connectivity index (χ2v) is 35.3. The summed E-state index contributed by atoms with van der Waals surface area (Å²) in [6.45, 7) is 12.9. The quantitative estimate of drug-likeness (QED) is 0.150. The van der Waals surface area contributed by atoms with Crippen LogP contribution in [0.1, 0.15) is 295 Å². The van der Waals surface area contributed by atoms with Gasteiger partial charge in [-0.2, -0.15) is 0 Å². The first-order valence-corrected chi connectivity index (χ1v) is 33.8. The average Bonchev–Trinajstić information content (AvgIpc) is 1.50. The molecule has 0 bridgehead atoms. The van der Waals surface area contributed by atoms with Crippen molar-refractivity contribution in [3.63, 3.8) is 0 Å². The third-order valence-corrected chi connectivity index (χ3v) is 35.0. The molecule has 1 aliphatic heterocycles.